The van der Waals surface area contributed by atoms with Crippen molar-refractivity contribution in [3.8, 4) is 0 Å². The zero-order valence-electron chi connectivity index (χ0n) is 9.26. The van der Waals surface area contributed by atoms with E-state index in [-0.39, 0.29) is 0 Å². The molecule has 0 bridgehead atoms. The Morgan fingerprint density at radius 1 is 1.06 bits per heavy atom. The molecule has 0 spiro atoms. The number of hydrogen-bond donors (Lipinski definition) is 2. The van der Waals surface area contributed by atoms with Crippen LogP contribution in [0.15, 0.2) is 54.9 Å². The van der Waals surface area contributed by atoms with Gasteiger partial charge in [-0.05, 0) is 42.0 Å². The molecule has 1 aromatic heterocycles. The normalized spacial score (nSPS) is 9.65. The molecule has 0 unspecified atom stereocenters. The van der Waals surface area contributed by atoms with Crippen LogP contribution < -0.4 is 10.6 Å². The molecule has 0 amide bonds. The van der Waals surface area contributed by atoms with Gasteiger partial charge in [-0.25, -0.2) is 0 Å². The van der Waals surface area contributed by atoms with E-state index in [1.165, 1.54) is 0 Å². The summed E-state index contributed by atoms with van der Waals surface area (Å²) in [6.07, 6.45) is 3.54. The number of pyridine rings is 1. The molecule has 4 heteroatoms. The summed E-state index contributed by atoms with van der Waals surface area (Å²) >= 11 is 5.20. The largest absolute Gasteiger partial charge is 0.358 e. The first-order valence-electron chi connectivity index (χ1n) is 5.33. The van der Waals surface area contributed by atoms with Crippen LogP contribution in [0.5, 0.6) is 0 Å². The van der Waals surface area contributed by atoms with Crippen LogP contribution in [-0.2, 0) is 6.54 Å². The van der Waals surface area contributed by atoms with Crippen LogP contribution in [0.1, 0.15) is 5.56 Å². The van der Waals surface area contributed by atoms with Crippen molar-refractivity contribution in [1.29, 1.82) is 0 Å². The van der Waals surface area contributed by atoms with Gasteiger partial charge in [-0.15, -0.1) is 0 Å². The number of aromatic nitrogens is 1. The maximum atomic E-state index is 5.20. The molecular weight excluding hydrogens is 230 g/mol. The third-order valence-electron chi connectivity index (χ3n) is 2.23. The van der Waals surface area contributed by atoms with E-state index < -0.39 is 0 Å². The molecule has 0 atom stereocenters. The Labute approximate surface area is 106 Å². The van der Waals surface area contributed by atoms with E-state index in [2.05, 4.69) is 15.6 Å². The summed E-state index contributed by atoms with van der Waals surface area (Å²) < 4.78 is 0. The van der Waals surface area contributed by atoms with Gasteiger partial charge < -0.3 is 10.6 Å². The first kappa shape index (κ1) is 11.5. The molecule has 2 aromatic rings. The zero-order chi connectivity index (χ0) is 11.9. The molecule has 0 aliphatic carbocycles. The van der Waals surface area contributed by atoms with Crippen molar-refractivity contribution in [1.82, 2.24) is 10.3 Å². The number of nitrogens with one attached hydrogen (secondary N) is 2. The standard InChI is InChI=1S/C13H13N3S/c17-13(16-12-4-2-1-3-5-12)15-10-11-6-8-14-9-7-11/h1-9H,10H2,(H2,15,16,17). The Morgan fingerprint density at radius 2 is 1.76 bits per heavy atom. The fourth-order valence-corrected chi connectivity index (χ4v) is 1.57. The maximum Gasteiger partial charge on any atom is 0.171 e. The van der Waals surface area contributed by atoms with Crippen LogP contribution in [0.25, 0.3) is 0 Å². The number of nitrogens with zero attached hydrogens (tertiary/aromatic N) is 1. The minimum absolute atomic E-state index is 0.619. The predicted octanol–water partition coefficient (Wildman–Crippen LogP) is 2.57. The molecule has 0 fully saturated rings. The Kier molecular flexibility index (Phi) is 4.05. The lowest BCUT2D eigenvalue weighted by atomic mass is 10.3. The smallest absolute Gasteiger partial charge is 0.171 e. The monoisotopic (exact) mass is 243 g/mol. The summed E-state index contributed by atoms with van der Waals surface area (Å²) in [6.45, 7) is 0.696. The molecule has 1 aromatic carbocycles. The molecule has 86 valence electrons. The molecule has 3 nitrogen and oxygen atoms in total. The zero-order valence-corrected chi connectivity index (χ0v) is 10.1. The first-order valence-corrected chi connectivity index (χ1v) is 5.74. The number of thiocarbonyl (C=S) groups is 1. The summed E-state index contributed by atoms with van der Waals surface area (Å²) in [5.41, 5.74) is 2.14. The van der Waals surface area contributed by atoms with Crippen LogP contribution in [0, 0.1) is 0 Å². The van der Waals surface area contributed by atoms with Gasteiger partial charge in [-0.3, -0.25) is 4.98 Å². The highest BCUT2D eigenvalue weighted by Gasteiger charge is 1.96. The van der Waals surface area contributed by atoms with Gasteiger partial charge in [-0.1, -0.05) is 18.2 Å². The topological polar surface area (TPSA) is 37.0 Å². The van der Waals surface area contributed by atoms with Gasteiger partial charge in [-0.2, -0.15) is 0 Å². The Morgan fingerprint density at radius 3 is 2.47 bits per heavy atom. The van der Waals surface area contributed by atoms with Crippen LogP contribution >= 0.6 is 12.2 Å². The number of anilines is 1. The molecule has 2 N–H and O–H groups in total. The van der Waals surface area contributed by atoms with E-state index in [4.69, 9.17) is 12.2 Å². The predicted molar refractivity (Wildman–Crippen MR) is 73.7 cm³/mol. The second-order valence-corrected chi connectivity index (χ2v) is 3.94. The second-order valence-electron chi connectivity index (χ2n) is 3.53. The fraction of sp³-hybridized carbons (Fsp3) is 0.0769. The SMILES string of the molecule is S=C(NCc1ccncc1)Nc1ccccc1. The highest BCUT2D eigenvalue weighted by molar-refractivity contribution is 7.80. The molecular formula is C13H13N3S. The summed E-state index contributed by atoms with van der Waals surface area (Å²) in [7, 11) is 0. The van der Waals surface area contributed by atoms with Gasteiger partial charge in [0.05, 0.1) is 0 Å². The van der Waals surface area contributed by atoms with E-state index in [1.807, 2.05) is 42.5 Å². The third kappa shape index (κ3) is 3.85. The number of rotatable bonds is 3. The lowest BCUT2D eigenvalue weighted by Crippen LogP contribution is -2.27. The first-order chi connectivity index (χ1) is 8.34. The average molecular weight is 243 g/mol. The van der Waals surface area contributed by atoms with Gasteiger partial charge in [0.15, 0.2) is 5.11 Å². The van der Waals surface area contributed by atoms with Crippen LogP contribution in [-0.4, -0.2) is 10.1 Å². The summed E-state index contributed by atoms with van der Waals surface area (Å²) in [5.74, 6) is 0. The third-order valence-corrected chi connectivity index (χ3v) is 2.48. The quantitative estimate of drug-likeness (QED) is 0.812. The van der Waals surface area contributed by atoms with Crippen molar-refractivity contribution >= 4 is 23.0 Å². The molecule has 0 radical (unpaired) electrons. The molecule has 1 heterocycles. The minimum Gasteiger partial charge on any atom is -0.358 e. The molecule has 0 aliphatic rings. The minimum atomic E-state index is 0.619. The molecule has 2 rings (SSSR count). The van der Waals surface area contributed by atoms with Crippen molar-refractivity contribution in [3.05, 3.63) is 60.4 Å². The number of hydrogen-bond acceptors (Lipinski definition) is 2. The number of para-hydroxylation sites is 1. The van der Waals surface area contributed by atoms with Crippen LogP contribution in [0.4, 0.5) is 5.69 Å². The highest BCUT2D eigenvalue weighted by atomic mass is 32.1. The Hall–Kier alpha value is -1.94. The van der Waals surface area contributed by atoms with Crippen LogP contribution in [0.2, 0.25) is 0 Å². The van der Waals surface area contributed by atoms with Crippen molar-refractivity contribution in [3.63, 3.8) is 0 Å². The molecule has 0 saturated heterocycles. The summed E-state index contributed by atoms with van der Waals surface area (Å²) in [5, 5.41) is 6.88. The summed E-state index contributed by atoms with van der Waals surface area (Å²) in [6, 6.07) is 13.8. The maximum absolute atomic E-state index is 5.20. The second kappa shape index (κ2) is 5.96. The van der Waals surface area contributed by atoms with Gasteiger partial charge >= 0.3 is 0 Å². The fourth-order valence-electron chi connectivity index (χ4n) is 1.38. The molecule has 17 heavy (non-hydrogen) atoms. The van der Waals surface area contributed by atoms with Gasteiger partial charge in [0.2, 0.25) is 0 Å². The average Bonchev–Trinajstić information content (AvgIpc) is 2.39. The molecule has 0 saturated carbocycles. The van der Waals surface area contributed by atoms with Crippen molar-refractivity contribution in [2.75, 3.05) is 5.32 Å². The number of benzene rings is 1. The van der Waals surface area contributed by atoms with E-state index in [1.54, 1.807) is 12.4 Å². The molecule has 0 aliphatic heterocycles. The van der Waals surface area contributed by atoms with Crippen molar-refractivity contribution < 1.29 is 0 Å². The Balaban J connectivity index is 1.83. The van der Waals surface area contributed by atoms with Crippen molar-refractivity contribution in [2.45, 2.75) is 6.54 Å². The van der Waals surface area contributed by atoms with Crippen molar-refractivity contribution in [2.24, 2.45) is 0 Å². The van der Waals surface area contributed by atoms with E-state index in [9.17, 15) is 0 Å². The highest BCUT2D eigenvalue weighted by Crippen LogP contribution is 2.04. The summed E-state index contributed by atoms with van der Waals surface area (Å²) in [4.78, 5) is 3.96. The van der Waals surface area contributed by atoms with E-state index >= 15 is 0 Å². The van der Waals surface area contributed by atoms with Gasteiger partial charge in [0, 0.05) is 24.6 Å². The Bertz CT molecular complexity index is 471. The van der Waals surface area contributed by atoms with E-state index in [0.717, 1.165) is 11.3 Å². The van der Waals surface area contributed by atoms with E-state index in [0.29, 0.717) is 11.7 Å². The lowest BCUT2D eigenvalue weighted by Gasteiger charge is -2.10. The van der Waals surface area contributed by atoms with Gasteiger partial charge in [0.1, 0.15) is 0 Å². The van der Waals surface area contributed by atoms with Gasteiger partial charge in [0.25, 0.3) is 0 Å². The lowest BCUT2D eigenvalue weighted by molar-refractivity contribution is 0.921. The van der Waals surface area contributed by atoms with Crippen LogP contribution in [0.3, 0.4) is 0 Å².